The third-order valence-corrected chi connectivity index (χ3v) is 2.97. The molecule has 1 heterocycles. The first-order valence-electron chi connectivity index (χ1n) is 6.60. The predicted octanol–water partition coefficient (Wildman–Crippen LogP) is -3.01. The zero-order chi connectivity index (χ0) is 16.9. The van der Waals surface area contributed by atoms with E-state index in [9.17, 15) is 0 Å². The average Bonchev–Trinajstić information content (AvgIpc) is 2.89. The van der Waals surface area contributed by atoms with Crippen LogP contribution in [0, 0.1) is 6.92 Å². The minimum atomic E-state index is -5.17. The normalized spacial score (nSPS) is 9.88. The number of benzene rings is 2. The van der Waals surface area contributed by atoms with Gasteiger partial charge in [-0.25, -0.2) is 0 Å². The molecule has 0 saturated carbocycles. The molecule has 0 spiro atoms. The molecule has 9 heteroatoms. The van der Waals surface area contributed by atoms with E-state index in [0.29, 0.717) is 0 Å². The van der Waals surface area contributed by atoms with Gasteiger partial charge in [0, 0.05) is 16.0 Å². The molecule has 0 aliphatic rings. The van der Waals surface area contributed by atoms with Crippen molar-refractivity contribution in [2.75, 3.05) is 0 Å². The first-order chi connectivity index (χ1) is 10.9. The Balaban J connectivity index is 0.000000734. The Hall–Kier alpha value is -0.480. The van der Waals surface area contributed by atoms with Crippen LogP contribution in [0.4, 0.5) is 0 Å². The SMILES string of the molecule is Cc1onc(-c2ccccc2)c1-c1ccccc1.O=S(=O)([O-])[O-].[Na+].[Na+]. The quantitative estimate of drug-likeness (QED) is 0.268. The maximum atomic E-state index is 8.52. The van der Waals surface area contributed by atoms with Gasteiger partial charge in [-0.3, -0.25) is 8.42 Å². The van der Waals surface area contributed by atoms with Gasteiger partial charge in [0.05, 0.1) is 5.56 Å². The van der Waals surface area contributed by atoms with Gasteiger partial charge in [0.1, 0.15) is 11.5 Å². The molecular formula is C16H13NNa2O5S. The number of aryl methyl sites for hydroxylation is 1. The Labute approximate surface area is 190 Å². The van der Waals surface area contributed by atoms with Gasteiger partial charge in [-0.15, -0.1) is 0 Å². The summed E-state index contributed by atoms with van der Waals surface area (Å²) in [6, 6.07) is 20.3. The van der Waals surface area contributed by atoms with E-state index >= 15 is 0 Å². The average molecular weight is 377 g/mol. The fourth-order valence-electron chi connectivity index (χ4n) is 2.11. The molecule has 0 bridgehead atoms. The monoisotopic (exact) mass is 377 g/mol. The van der Waals surface area contributed by atoms with Crippen LogP contribution in [0.15, 0.2) is 65.2 Å². The van der Waals surface area contributed by atoms with Gasteiger partial charge in [0.25, 0.3) is 0 Å². The fraction of sp³-hybridized carbons (Fsp3) is 0.0625. The van der Waals surface area contributed by atoms with Crippen molar-refractivity contribution in [3.8, 4) is 22.4 Å². The van der Waals surface area contributed by atoms with E-state index in [4.69, 9.17) is 22.0 Å². The smallest absolute Gasteiger partial charge is 0.759 e. The molecule has 0 radical (unpaired) electrons. The fourth-order valence-corrected chi connectivity index (χ4v) is 2.11. The van der Waals surface area contributed by atoms with Crippen LogP contribution < -0.4 is 59.1 Å². The molecule has 25 heavy (non-hydrogen) atoms. The maximum absolute atomic E-state index is 8.52. The van der Waals surface area contributed by atoms with Crippen molar-refractivity contribution >= 4 is 10.4 Å². The third kappa shape index (κ3) is 8.17. The van der Waals surface area contributed by atoms with Gasteiger partial charge in [-0.1, -0.05) is 65.8 Å². The van der Waals surface area contributed by atoms with Crippen LogP contribution in [0.5, 0.6) is 0 Å². The van der Waals surface area contributed by atoms with Crippen molar-refractivity contribution in [1.82, 2.24) is 5.16 Å². The summed E-state index contributed by atoms with van der Waals surface area (Å²) in [4.78, 5) is 0. The molecular weight excluding hydrogens is 364 g/mol. The molecule has 0 amide bonds. The molecule has 0 N–H and O–H groups in total. The zero-order valence-corrected chi connectivity index (χ0v) is 19.0. The van der Waals surface area contributed by atoms with Crippen LogP contribution in [-0.4, -0.2) is 22.7 Å². The molecule has 3 aromatic rings. The second kappa shape index (κ2) is 11.3. The summed E-state index contributed by atoms with van der Waals surface area (Å²) in [5.74, 6) is 0.847. The van der Waals surface area contributed by atoms with E-state index in [1.165, 1.54) is 0 Å². The van der Waals surface area contributed by atoms with Crippen molar-refractivity contribution < 1.29 is 81.2 Å². The zero-order valence-electron chi connectivity index (χ0n) is 14.2. The van der Waals surface area contributed by atoms with Gasteiger partial charge in [0.2, 0.25) is 0 Å². The summed E-state index contributed by atoms with van der Waals surface area (Å²) in [5, 5.41) is 4.19. The van der Waals surface area contributed by atoms with Crippen LogP contribution in [0.25, 0.3) is 22.4 Å². The number of aromatic nitrogens is 1. The van der Waals surface area contributed by atoms with Crippen molar-refractivity contribution in [1.29, 1.82) is 0 Å². The van der Waals surface area contributed by atoms with Gasteiger partial charge in [-0.2, -0.15) is 0 Å². The Morgan fingerprint density at radius 1 is 0.840 bits per heavy atom. The summed E-state index contributed by atoms with van der Waals surface area (Å²) in [5.41, 5.74) is 4.18. The molecule has 0 aliphatic carbocycles. The molecule has 0 atom stereocenters. The van der Waals surface area contributed by atoms with Gasteiger partial charge in [-0.05, 0) is 12.5 Å². The summed E-state index contributed by atoms with van der Waals surface area (Å²) in [6.07, 6.45) is 0. The molecule has 2 aromatic carbocycles. The maximum Gasteiger partial charge on any atom is 1.00 e. The first-order valence-corrected chi connectivity index (χ1v) is 7.93. The Bertz CT molecular complexity index is 860. The molecule has 0 fully saturated rings. The second-order valence-electron chi connectivity index (χ2n) is 4.60. The first kappa shape index (κ1) is 24.5. The van der Waals surface area contributed by atoms with Crippen molar-refractivity contribution in [2.45, 2.75) is 6.92 Å². The number of hydrogen-bond donors (Lipinski definition) is 0. The van der Waals surface area contributed by atoms with E-state index in [-0.39, 0.29) is 59.1 Å². The number of hydrogen-bond acceptors (Lipinski definition) is 6. The van der Waals surface area contributed by atoms with Crippen molar-refractivity contribution in [2.24, 2.45) is 0 Å². The van der Waals surface area contributed by atoms with E-state index in [0.717, 1.165) is 28.1 Å². The largest absolute Gasteiger partial charge is 1.00 e. The molecule has 0 aliphatic heterocycles. The predicted molar refractivity (Wildman–Crippen MR) is 82.6 cm³/mol. The minimum Gasteiger partial charge on any atom is -0.759 e. The van der Waals surface area contributed by atoms with Crippen LogP contribution in [0.1, 0.15) is 5.76 Å². The van der Waals surface area contributed by atoms with E-state index in [1.807, 2.05) is 55.5 Å². The van der Waals surface area contributed by atoms with Gasteiger partial charge < -0.3 is 13.6 Å². The van der Waals surface area contributed by atoms with E-state index in [2.05, 4.69) is 17.3 Å². The number of rotatable bonds is 2. The van der Waals surface area contributed by atoms with E-state index < -0.39 is 10.4 Å². The van der Waals surface area contributed by atoms with Crippen LogP contribution in [0.2, 0.25) is 0 Å². The summed E-state index contributed by atoms with van der Waals surface area (Å²) < 4.78 is 39.4. The summed E-state index contributed by atoms with van der Waals surface area (Å²) in [6.45, 7) is 1.95. The van der Waals surface area contributed by atoms with Crippen molar-refractivity contribution in [3.05, 3.63) is 66.4 Å². The molecule has 120 valence electrons. The topological polar surface area (TPSA) is 106 Å². The summed E-state index contributed by atoms with van der Waals surface area (Å²) in [7, 11) is -5.17. The molecule has 0 saturated heterocycles. The van der Waals surface area contributed by atoms with Crippen molar-refractivity contribution in [3.63, 3.8) is 0 Å². The molecule has 1 aromatic heterocycles. The van der Waals surface area contributed by atoms with Crippen LogP contribution in [-0.2, 0) is 10.4 Å². The number of nitrogens with zero attached hydrogens (tertiary/aromatic N) is 1. The third-order valence-electron chi connectivity index (χ3n) is 2.97. The van der Waals surface area contributed by atoms with Crippen LogP contribution >= 0.6 is 0 Å². The molecule has 6 nitrogen and oxygen atoms in total. The summed E-state index contributed by atoms with van der Waals surface area (Å²) >= 11 is 0. The minimum absolute atomic E-state index is 0. The van der Waals surface area contributed by atoms with Gasteiger partial charge in [0.15, 0.2) is 0 Å². The molecule has 3 rings (SSSR count). The second-order valence-corrected chi connectivity index (χ2v) is 5.42. The van der Waals surface area contributed by atoms with Gasteiger partial charge >= 0.3 is 59.1 Å². The van der Waals surface area contributed by atoms with E-state index in [1.54, 1.807) is 0 Å². The standard InChI is InChI=1S/C16H13NO.2Na.H2O4S/c1-12-15(13-8-4-2-5-9-13)16(17-18-12)14-10-6-3-7-11-14;;;1-5(2,3)4/h2-11H,1H3;;;(H2,1,2,3,4)/q;2*+1;/p-2. The van der Waals surface area contributed by atoms with Crippen LogP contribution in [0.3, 0.4) is 0 Å². The Morgan fingerprint density at radius 2 is 1.24 bits per heavy atom. The Kier molecular flexibility index (Phi) is 11.1. The Morgan fingerprint density at radius 3 is 1.68 bits per heavy atom. The molecule has 0 unspecified atom stereocenters.